The fourth-order valence-electron chi connectivity index (χ4n) is 5.17. The minimum atomic E-state index is -0.121. The normalized spacial score (nSPS) is 20.5. The summed E-state index contributed by atoms with van der Waals surface area (Å²) in [5, 5.41) is 9.56. The molecular weight excluding hydrogens is 446 g/mol. The van der Waals surface area contributed by atoms with E-state index in [-0.39, 0.29) is 17.9 Å². The van der Waals surface area contributed by atoms with Crippen molar-refractivity contribution < 1.29 is 14.3 Å². The number of amides is 2. The van der Waals surface area contributed by atoms with Gasteiger partial charge in [0.05, 0.1) is 19.0 Å². The maximum Gasteiger partial charge on any atom is 0.251 e. The van der Waals surface area contributed by atoms with Crippen LogP contribution in [0.15, 0.2) is 24.4 Å². The lowest BCUT2D eigenvalue weighted by molar-refractivity contribution is -0.118. The first kappa shape index (κ1) is 23.3. The van der Waals surface area contributed by atoms with Crippen molar-refractivity contribution in [3.63, 3.8) is 0 Å². The Morgan fingerprint density at radius 3 is 2.80 bits per heavy atom. The van der Waals surface area contributed by atoms with Crippen molar-refractivity contribution in [1.82, 2.24) is 20.6 Å². The Morgan fingerprint density at radius 1 is 1.23 bits per heavy atom. The number of carbonyl (C=O) groups is 2. The first-order valence-electron chi connectivity index (χ1n) is 12.4. The number of rotatable bonds is 6. The van der Waals surface area contributed by atoms with Gasteiger partial charge in [-0.1, -0.05) is 12.8 Å². The number of aromatic nitrogens is 2. The minimum Gasteiger partial charge on any atom is -0.495 e. The summed E-state index contributed by atoms with van der Waals surface area (Å²) in [5.41, 5.74) is 1.93. The summed E-state index contributed by atoms with van der Waals surface area (Å²) in [6, 6.07) is 5.83. The third-order valence-electron chi connectivity index (χ3n) is 7.20. The van der Waals surface area contributed by atoms with E-state index in [4.69, 9.17) is 9.72 Å². The molecule has 186 valence electrons. The highest BCUT2D eigenvalue weighted by molar-refractivity contribution is 5.97. The van der Waals surface area contributed by atoms with Crippen molar-refractivity contribution in [2.24, 2.45) is 0 Å². The number of nitrogens with one attached hydrogen (secondary N) is 3. The predicted octanol–water partition coefficient (Wildman–Crippen LogP) is 2.44. The van der Waals surface area contributed by atoms with Crippen molar-refractivity contribution in [3.05, 3.63) is 30.0 Å². The molecule has 1 saturated heterocycles. The van der Waals surface area contributed by atoms with Gasteiger partial charge in [0.15, 0.2) is 5.82 Å². The zero-order valence-electron chi connectivity index (χ0n) is 20.3. The van der Waals surface area contributed by atoms with Crippen LogP contribution in [0.5, 0.6) is 5.75 Å². The Balaban J connectivity index is 1.40. The van der Waals surface area contributed by atoms with E-state index in [9.17, 15) is 9.59 Å². The molecule has 2 aromatic rings. The van der Waals surface area contributed by atoms with Crippen LogP contribution < -0.4 is 30.5 Å². The van der Waals surface area contributed by atoms with Gasteiger partial charge in [-0.05, 0) is 44.0 Å². The highest BCUT2D eigenvalue weighted by Crippen LogP contribution is 2.37. The lowest BCUT2D eigenvalue weighted by atomic mass is 10.1. The molecule has 0 unspecified atom stereocenters. The number of nitrogens with zero attached hydrogens (tertiary/aromatic N) is 4. The lowest BCUT2D eigenvalue weighted by Crippen LogP contribution is -2.36. The molecule has 10 heteroatoms. The number of hydrogen-bond donors (Lipinski definition) is 3. The highest BCUT2D eigenvalue weighted by atomic mass is 16.5. The van der Waals surface area contributed by atoms with E-state index < -0.39 is 0 Å². The molecule has 35 heavy (non-hydrogen) atoms. The molecule has 10 nitrogen and oxygen atoms in total. The summed E-state index contributed by atoms with van der Waals surface area (Å²) in [4.78, 5) is 38.5. The van der Waals surface area contributed by atoms with Crippen LogP contribution in [0.25, 0.3) is 0 Å². The molecule has 2 fully saturated rings. The summed E-state index contributed by atoms with van der Waals surface area (Å²) in [7, 11) is 3.35. The maximum atomic E-state index is 12.7. The van der Waals surface area contributed by atoms with Crippen LogP contribution in [0.1, 0.15) is 48.9 Å². The van der Waals surface area contributed by atoms with Crippen LogP contribution in [0, 0.1) is 0 Å². The third kappa shape index (κ3) is 4.88. The average Bonchev–Trinajstić information content (AvgIpc) is 3.57. The number of fused-ring (bicyclic) bond motifs is 1. The average molecular weight is 480 g/mol. The van der Waals surface area contributed by atoms with Crippen molar-refractivity contribution in [1.29, 1.82) is 0 Å². The predicted molar refractivity (Wildman–Crippen MR) is 135 cm³/mol. The van der Waals surface area contributed by atoms with E-state index in [1.54, 1.807) is 43.5 Å². The Morgan fingerprint density at radius 2 is 2.06 bits per heavy atom. The molecule has 3 heterocycles. The smallest absolute Gasteiger partial charge is 0.251 e. The van der Waals surface area contributed by atoms with Crippen LogP contribution >= 0.6 is 0 Å². The Labute approximate surface area is 205 Å². The molecule has 1 aromatic heterocycles. The zero-order chi connectivity index (χ0) is 24.4. The Bertz CT molecular complexity index is 1100. The number of methoxy groups -OCH3 is 1. The standard InChI is InChI=1S/C25H33N7O3/c1-31-20-15-27-25(30-23(20)32(12-10-22(31)33)18-5-3-4-6-18)29-19-8-7-16(13-21(19)35-2)24(34)28-17-9-11-26-14-17/h7-8,13,15,17-18,26H,3-6,9-12,14H2,1-2H3,(H,28,34)(H,27,29,30)/t17-/m0/s1. The number of benzene rings is 1. The quantitative estimate of drug-likeness (QED) is 0.579. The molecule has 0 bridgehead atoms. The van der Waals surface area contributed by atoms with Crippen LogP contribution in [0.3, 0.4) is 0 Å². The first-order chi connectivity index (χ1) is 17.0. The summed E-state index contributed by atoms with van der Waals surface area (Å²) >= 11 is 0. The van der Waals surface area contributed by atoms with Crippen LogP contribution in [-0.2, 0) is 4.79 Å². The molecule has 2 aliphatic heterocycles. The summed E-state index contributed by atoms with van der Waals surface area (Å²) < 4.78 is 5.57. The summed E-state index contributed by atoms with van der Waals surface area (Å²) in [6.45, 7) is 2.36. The van der Waals surface area contributed by atoms with Gasteiger partial charge in [-0.15, -0.1) is 0 Å². The van der Waals surface area contributed by atoms with E-state index in [1.165, 1.54) is 12.8 Å². The van der Waals surface area contributed by atoms with Gasteiger partial charge < -0.3 is 30.5 Å². The number of hydrogen-bond acceptors (Lipinski definition) is 8. The van der Waals surface area contributed by atoms with E-state index >= 15 is 0 Å². The van der Waals surface area contributed by atoms with Crippen molar-refractivity contribution in [2.75, 3.05) is 48.9 Å². The minimum absolute atomic E-state index is 0.0694. The SMILES string of the molecule is COc1cc(C(=O)N[C@H]2CCNC2)ccc1Nc1ncc2c(n1)N(C1CCCC1)CCC(=O)N2C. The van der Waals surface area contributed by atoms with Crippen LogP contribution in [0.4, 0.5) is 23.1 Å². The summed E-state index contributed by atoms with van der Waals surface area (Å²) in [6.07, 6.45) is 7.71. The second-order valence-corrected chi connectivity index (χ2v) is 9.44. The highest BCUT2D eigenvalue weighted by Gasteiger charge is 2.31. The van der Waals surface area contributed by atoms with Gasteiger partial charge in [-0.3, -0.25) is 9.59 Å². The molecule has 1 saturated carbocycles. The van der Waals surface area contributed by atoms with Gasteiger partial charge in [0.1, 0.15) is 11.4 Å². The summed E-state index contributed by atoms with van der Waals surface area (Å²) in [5.74, 6) is 1.68. The monoisotopic (exact) mass is 479 g/mol. The topological polar surface area (TPSA) is 112 Å². The molecule has 2 amide bonds. The van der Waals surface area contributed by atoms with Gasteiger partial charge in [0.2, 0.25) is 11.9 Å². The fraction of sp³-hybridized carbons (Fsp3) is 0.520. The number of ether oxygens (including phenoxy) is 1. The van der Waals surface area contributed by atoms with E-state index in [0.717, 1.165) is 43.9 Å². The van der Waals surface area contributed by atoms with Crippen molar-refractivity contribution in [3.8, 4) is 5.75 Å². The number of anilines is 4. The van der Waals surface area contributed by atoms with Crippen LogP contribution in [-0.4, -0.2) is 67.7 Å². The van der Waals surface area contributed by atoms with Gasteiger partial charge in [0.25, 0.3) is 5.91 Å². The van der Waals surface area contributed by atoms with E-state index in [2.05, 4.69) is 25.8 Å². The van der Waals surface area contributed by atoms with Crippen LogP contribution in [0.2, 0.25) is 0 Å². The number of carbonyl (C=O) groups excluding carboxylic acids is 2. The molecule has 1 atom stereocenters. The molecule has 1 aliphatic carbocycles. The lowest BCUT2D eigenvalue weighted by Gasteiger charge is -2.30. The fourth-order valence-corrected chi connectivity index (χ4v) is 5.17. The van der Waals surface area contributed by atoms with E-state index in [0.29, 0.717) is 42.0 Å². The molecule has 3 aliphatic rings. The molecular formula is C25H33N7O3. The first-order valence-corrected chi connectivity index (χ1v) is 12.4. The van der Waals surface area contributed by atoms with Crippen molar-refractivity contribution >= 4 is 35.0 Å². The van der Waals surface area contributed by atoms with Gasteiger partial charge in [0, 0.05) is 44.2 Å². The Hall–Kier alpha value is -3.40. The Kier molecular flexibility index (Phi) is 6.72. The molecule has 3 N–H and O–H groups in total. The molecule has 0 radical (unpaired) electrons. The molecule has 5 rings (SSSR count). The zero-order valence-corrected chi connectivity index (χ0v) is 20.3. The van der Waals surface area contributed by atoms with E-state index in [1.807, 2.05) is 0 Å². The molecule has 0 spiro atoms. The van der Waals surface area contributed by atoms with Gasteiger partial charge in [-0.2, -0.15) is 4.98 Å². The second-order valence-electron chi connectivity index (χ2n) is 9.44. The second kappa shape index (κ2) is 10.1. The largest absolute Gasteiger partial charge is 0.495 e. The van der Waals surface area contributed by atoms with Gasteiger partial charge >= 0.3 is 0 Å². The maximum absolute atomic E-state index is 12.7. The third-order valence-corrected chi connectivity index (χ3v) is 7.20. The van der Waals surface area contributed by atoms with Gasteiger partial charge in [-0.25, -0.2) is 4.98 Å². The van der Waals surface area contributed by atoms with Crippen molar-refractivity contribution in [2.45, 2.75) is 50.6 Å². The molecule has 1 aromatic carbocycles.